The third-order valence-electron chi connectivity index (χ3n) is 5.76. The fourth-order valence-electron chi connectivity index (χ4n) is 3.91. The van der Waals surface area contributed by atoms with Crippen LogP contribution >= 0.6 is 0 Å². The van der Waals surface area contributed by atoms with E-state index in [0.717, 1.165) is 11.1 Å². The predicted octanol–water partition coefficient (Wildman–Crippen LogP) is 3.68. The molecule has 0 saturated carbocycles. The van der Waals surface area contributed by atoms with Gasteiger partial charge in [0, 0.05) is 24.1 Å². The van der Waals surface area contributed by atoms with E-state index in [9.17, 15) is 19.5 Å². The molecular formula is C25H27NO9. The largest absolute Gasteiger partial charge is 0.493 e. The number of nitrogens with one attached hydrogen (secondary N) is 1. The first-order valence-electron chi connectivity index (χ1n) is 10.6. The Labute approximate surface area is 202 Å². The lowest BCUT2D eigenvalue weighted by atomic mass is 9.94. The molecule has 10 nitrogen and oxygen atoms in total. The fraction of sp³-hybridized carbons (Fsp3) is 0.320. The zero-order chi connectivity index (χ0) is 26.0. The lowest BCUT2D eigenvalue weighted by Gasteiger charge is -2.25. The first-order chi connectivity index (χ1) is 16.5. The summed E-state index contributed by atoms with van der Waals surface area (Å²) in [5.41, 5.74) is 2.67. The standard InChI is InChI=1S/C25H27NO9/c1-11-12(2)21-16(13(3)20(11)35-14(4)27)8-15(10-34-21)24(28)26-19-17(25(29)30)9-18(31-5)22(32-6)23(19)33-7/h8-9H,10H2,1-7H3,(H,26,28)(H,29,30). The van der Waals surface area contributed by atoms with Gasteiger partial charge in [0.1, 0.15) is 23.8 Å². The van der Waals surface area contributed by atoms with Crippen molar-refractivity contribution in [3.05, 3.63) is 39.5 Å². The highest BCUT2D eigenvalue weighted by Gasteiger charge is 2.29. The van der Waals surface area contributed by atoms with Gasteiger partial charge in [-0.2, -0.15) is 0 Å². The van der Waals surface area contributed by atoms with E-state index in [0.29, 0.717) is 22.6 Å². The van der Waals surface area contributed by atoms with Gasteiger partial charge in [-0.3, -0.25) is 9.59 Å². The maximum absolute atomic E-state index is 13.2. The molecule has 0 unspecified atom stereocenters. The van der Waals surface area contributed by atoms with E-state index < -0.39 is 17.8 Å². The molecule has 0 atom stereocenters. The summed E-state index contributed by atoms with van der Waals surface area (Å²) in [4.78, 5) is 36.8. The molecule has 0 aromatic heterocycles. The number of ether oxygens (including phenoxy) is 5. The molecule has 1 aliphatic rings. The number of carboxylic acid groups (broad SMARTS) is 1. The quantitative estimate of drug-likeness (QED) is 0.446. The second-order valence-corrected chi connectivity index (χ2v) is 7.83. The summed E-state index contributed by atoms with van der Waals surface area (Å²) in [5.74, 6) is -1.11. The summed E-state index contributed by atoms with van der Waals surface area (Å²) < 4.78 is 27.2. The molecule has 0 aliphatic carbocycles. The van der Waals surface area contributed by atoms with Gasteiger partial charge in [-0.15, -0.1) is 0 Å². The number of rotatable bonds is 7. The third kappa shape index (κ3) is 4.59. The van der Waals surface area contributed by atoms with Crippen LogP contribution in [-0.4, -0.2) is 50.9 Å². The van der Waals surface area contributed by atoms with Crippen molar-refractivity contribution in [1.29, 1.82) is 0 Å². The maximum Gasteiger partial charge on any atom is 0.338 e. The van der Waals surface area contributed by atoms with Crippen molar-refractivity contribution in [2.45, 2.75) is 27.7 Å². The number of hydrogen-bond acceptors (Lipinski definition) is 8. The van der Waals surface area contributed by atoms with E-state index in [2.05, 4.69) is 5.32 Å². The summed E-state index contributed by atoms with van der Waals surface area (Å²) >= 11 is 0. The summed E-state index contributed by atoms with van der Waals surface area (Å²) in [6.45, 7) is 6.70. The second-order valence-electron chi connectivity index (χ2n) is 7.83. The average molecular weight is 485 g/mol. The van der Waals surface area contributed by atoms with Crippen LogP contribution < -0.4 is 29.0 Å². The Morgan fingerprint density at radius 2 is 1.60 bits per heavy atom. The number of carbonyl (C=O) groups is 3. The van der Waals surface area contributed by atoms with Crippen LogP contribution in [0, 0.1) is 20.8 Å². The Hall–Kier alpha value is -4.21. The molecule has 0 saturated heterocycles. The number of anilines is 1. The molecule has 1 aliphatic heterocycles. The summed E-state index contributed by atoms with van der Waals surface area (Å²) in [6, 6.07) is 1.24. The van der Waals surface area contributed by atoms with Gasteiger partial charge in [0.25, 0.3) is 5.91 Å². The van der Waals surface area contributed by atoms with Crippen LogP contribution in [0.3, 0.4) is 0 Å². The van der Waals surface area contributed by atoms with Crippen molar-refractivity contribution < 1.29 is 43.2 Å². The zero-order valence-electron chi connectivity index (χ0n) is 20.6. The lowest BCUT2D eigenvalue weighted by Crippen LogP contribution is -2.24. The minimum atomic E-state index is -1.30. The van der Waals surface area contributed by atoms with Crippen molar-refractivity contribution >= 4 is 29.6 Å². The maximum atomic E-state index is 13.2. The Bertz CT molecular complexity index is 1260. The Morgan fingerprint density at radius 1 is 0.943 bits per heavy atom. The highest BCUT2D eigenvalue weighted by molar-refractivity contribution is 6.12. The number of methoxy groups -OCH3 is 3. The molecule has 1 amide bonds. The minimum absolute atomic E-state index is 0.00452. The van der Waals surface area contributed by atoms with Gasteiger partial charge in [-0.1, -0.05) is 0 Å². The summed E-state index contributed by atoms with van der Waals surface area (Å²) in [5, 5.41) is 12.4. The number of carbonyl (C=O) groups excluding carboxylic acids is 2. The zero-order valence-corrected chi connectivity index (χ0v) is 20.6. The van der Waals surface area contributed by atoms with Crippen LogP contribution in [0.1, 0.15) is 39.5 Å². The van der Waals surface area contributed by atoms with E-state index in [1.807, 2.05) is 13.8 Å². The highest BCUT2D eigenvalue weighted by atomic mass is 16.5. The van der Waals surface area contributed by atoms with Crippen molar-refractivity contribution in [2.24, 2.45) is 0 Å². The molecule has 0 radical (unpaired) electrons. The molecule has 1 heterocycles. The van der Waals surface area contributed by atoms with Crippen molar-refractivity contribution in [1.82, 2.24) is 0 Å². The monoisotopic (exact) mass is 485 g/mol. The van der Waals surface area contributed by atoms with Crippen LogP contribution in [-0.2, 0) is 9.59 Å². The fourth-order valence-corrected chi connectivity index (χ4v) is 3.91. The van der Waals surface area contributed by atoms with Crippen molar-refractivity contribution in [2.75, 3.05) is 33.3 Å². The van der Waals surface area contributed by atoms with E-state index in [1.54, 1.807) is 13.0 Å². The lowest BCUT2D eigenvalue weighted by molar-refractivity contribution is -0.132. The van der Waals surface area contributed by atoms with E-state index in [-0.39, 0.29) is 40.7 Å². The molecule has 2 aromatic rings. The van der Waals surface area contributed by atoms with Crippen LogP contribution in [0.15, 0.2) is 11.6 Å². The number of amides is 1. The number of carboxylic acids is 1. The minimum Gasteiger partial charge on any atom is -0.493 e. The van der Waals surface area contributed by atoms with Gasteiger partial charge in [0.2, 0.25) is 5.75 Å². The average Bonchev–Trinajstić information content (AvgIpc) is 2.83. The molecule has 0 fully saturated rings. The topological polar surface area (TPSA) is 130 Å². The molecular weight excluding hydrogens is 458 g/mol. The van der Waals surface area contributed by atoms with Crippen LogP contribution in [0.5, 0.6) is 28.7 Å². The summed E-state index contributed by atoms with van der Waals surface area (Å²) in [6.07, 6.45) is 1.64. The van der Waals surface area contributed by atoms with Crippen molar-refractivity contribution in [3.63, 3.8) is 0 Å². The first-order valence-corrected chi connectivity index (χ1v) is 10.6. The Balaban J connectivity index is 2.10. The molecule has 35 heavy (non-hydrogen) atoms. The highest BCUT2D eigenvalue weighted by Crippen LogP contribution is 2.46. The van der Waals surface area contributed by atoms with E-state index >= 15 is 0 Å². The van der Waals surface area contributed by atoms with Gasteiger partial charge in [-0.05, 0) is 38.0 Å². The van der Waals surface area contributed by atoms with Crippen LogP contribution in [0.25, 0.3) is 6.08 Å². The Kier molecular flexibility index (Phi) is 7.23. The van der Waals surface area contributed by atoms with Gasteiger partial charge in [-0.25, -0.2) is 4.79 Å². The number of esters is 1. The third-order valence-corrected chi connectivity index (χ3v) is 5.76. The first kappa shape index (κ1) is 25.4. The molecule has 10 heteroatoms. The number of fused-ring (bicyclic) bond motifs is 1. The Morgan fingerprint density at radius 3 is 2.14 bits per heavy atom. The van der Waals surface area contributed by atoms with Gasteiger partial charge in [0.15, 0.2) is 11.5 Å². The van der Waals surface area contributed by atoms with Crippen LogP contribution in [0.2, 0.25) is 0 Å². The SMILES string of the molecule is COc1cc(C(=O)O)c(NC(=O)C2=Cc3c(C)c(OC(C)=O)c(C)c(C)c3OC2)c(OC)c1OC. The molecule has 0 spiro atoms. The van der Waals surface area contributed by atoms with Crippen LogP contribution in [0.4, 0.5) is 5.69 Å². The molecule has 3 rings (SSSR count). The summed E-state index contributed by atoms with van der Waals surface area (Å²) in [7, 11) is 4.05. The smallest absolute Gasteiger partial charge is 0.338 e. The molecule has 186 valence electrons. The molecule has 2 aromatic carbocycles. The second kappa shape index (κ2) is 9.96. The van der Waals surface area contributed by atoms with Gasteiger partial charge >= 0.3 is 11.9 Å². The van der Waals surface area contributed by atoms with Crippen molar-refractivity contribution in [3.8, 4) is 28.7 Å². The predicted molar refractivity (Wildman–Crippen MR) is 127 cm³/mol. The molecule has 2 N–H and O–H groups in total. The van der Waals surface area contributed by atoms with E-state index in [4.69, 9.17) is 23.7 Å². The number of aromatic carboxylic acids is 1. The normalized spacial score (nSPS) is 12.0. The molecule has 0 bridgehead atoms. The number of hydrogen-bond donors (Lipinski definition) is 2. The van der Waals surface area contributed by atoms with Gasteiger partial charge < -0.3 is 34.1 Å². The number of benzene rings is 2. The van der Waals surface area contributed by atoms with Gasteiger partial charge in [0.05, 0.1) is 32.5 Å². The van der Waals surface area contributed by atoms with E-state index in [1.165, 1.54) is 34.3 Å².